The van der Waals surface area contributed by atoms with Crippen molar-refractivity contribution < 1.29 is 0 Å². The van der Waals surface area contributed by atoms with Crippen LogP contribution >= 0.6 is 11.6 Å². The molecule has 60 valence electrons. The zero-order valence-corrected chi connectivity index (χ0v) is 6.75. The third-order valence-electron chi connectivity index (χ3n) is 1.82. The average Bonchev–Trinajstić information content (AvgIpc) is 2.31. The van der Waals surface area contributed by atoms with E-state index in [0.717, 1.165) is 25.2 Å². The lowest BCUT2D eigenvalue weighted by Gasteiger charge is -2.15. The summed E-state index contributed by atoms with van der Waals surface area (Å²) in [6.45, 7) is 0.892. The van der Waals surface area contributed by atoms with Gasteiger partial charge in [-0.25, -0.2) is 4.68 Å². The Balaban J connectivity index is 2.43. The predicted molar refractivity (Wildman–Crippen MR) is 42.3 cm³/mol. The average molecular weight is 173 g/mol. The van der Waals surface area contributed by atoms with Crippen molar-refractivity contribution in [1.29, 1.82) is 0 Å². The predicted octanol–water partition coefficient (Wildman–Crippen LogP) is 0.934. The van der Waals surface area contributed by atoms with Crippen LogP contribution in [0.2, 0.25) is 0 Å². The molecule has 0 saturated heterocycles. The minimum Gasteiger partial charge on any atom is -0.366 e. The Kier molecular flexibility index (Phi) is 1.49. The number of nitrogens with two attached hydrogens (primary N) is 1. The van der Waals surface area contributed by atoms with E-state index in [1.165, 1.54) is 0 Å². The fourth-order valence-electron chi connectivity index (χ4n) is 1.32. The number of aryl methyl sites for hydroxylation is 1. The van der Waals surface area contributed by atoms with E-state index in [1.54, 1.807) is 4.68 Å². The van der Waals surface area contributed by atoms with Crippen molar-refractivity contribution >= 4 is 17.5 Å². The second-order valence-corrected chi connectivity index (χ2v) is 3.19. The van der Waals surface area contributed by atoms with Crippen molar-refractivity contribution in [2.24, 2.45) is 0 Å². The van der Waals surface area contributed by atoms with Crippen LogP contribution in [-0.2, 0) is 6.54 Å². The van der Waals surface area contributed by atoms with Gasteiger partial charge in [-0.15, -0.1) is 16.7 Å². The molecule has 1 aliphatic rings. The van der Waals surface area contributed by atoms with Gasteiger partial charge in [-0.3, -0.25) is 0 Å². The number of hydrogen-bond donors (Lipinski definition) is 1. The number of fused-ring (bicyclic) bond motifs is 1. The molecule has 0 bridgehead atoms. The summed E-state index contributed by atoms with van der Waals surface area (Å²) >= 11 is 5.98. The lowest BCUT2D eigenvalue weighted by atomic mass is 10.2. The number of halogens is 1. The van der Waals surface area contributed by atoms with E-state index in [1.807, 2.05) is 0 Å². The molecule has 11 heavy (non-hydrogen) atoms. The van der Waals surface area contributed by atoms with Gasteiger partial charge in [-0.2, -0.15) is 4.98 Å². The summed E-state index contributed by atoms with van der Waals surface area (Å²) in [5, 5.41) is 3.99. The number of hydrogen-bond acceptors (Lipinski definition) is 3. The van der Waals surface area contributed by atoms with E-state index in [9.17, 15) is 0 Å². The minimum absolute atomic E-state index is 0.00597. The van der Waals surface area contributed by atoms with E-state index >= 15 is 0 Å². The van der Waals surface area contributed by atoms with Crippen molar-refractivity contribution in [3.05, 3.63) is 5.82 Å². The molecule has 4 nitrogen and oxygen atoms in total. The number of nitrogen functional groups attached to an aromatic ring is 1. The summed E-state index contributed by atoms with van der Waals surface area (Å²) in [6, 6.07) is 0. The van der Waals surface area contributed by atoms with E-state index in [-0.39, 0.29) is 5.38 Å². The van der Waals surface area contributed by atoms with Crippen LogP contribution in [0.1, 0.15) is 24.0 Å². The van der Waals surface area contributed by atoms with Crippen molar-refractivity contribution in [3.63, 3.8) is 0 Å². The molecule has 1 atom stereocenters. The standard InChI is InChI=1S/C6H9ClN4/c7-4-2-1-3-11-5(4)9-6(8)10-11/h4H,1-3H2,(H2,8,10). The molecule has 1 unspecified atom stereocenters. The SMILES string of the molecule is Nc1nc2n(n1)CCCC2Cl. The Labute approximate surface area is 69.4 Å². The largest absolute Gasteiger partial charge is 0.366 e. The Morgan fingerprint density at radius 2 is 2.45 bits per heavy atom. The van der Waals surface area contributed by atoms with Crippen LogP contribution in [0, 0.1) is 0 Å². The molecule has 5 heteroatoms. The van der Waals surface area contributed by atoms with Gasteiger partial charge < -0.3 is 5.73 Å². The third-order valence-corrected chi connectivity index (χ3v) is 2.24. The molecular weight excluding hydrogens is 164 g/mol. The van der Waals surface area contributed by atoms with E-state index in [2.05, 4.69) is 10.1 Å². The van der Waals surface area contributed by atoms with Crippen LogP contribution in [0.5, 0.6) is 0 Å². The highest BCUT2D eigenvalue weighted by Crippen LogP contribution is 2.28. The molecule has 1 aliphatic heterocycles. The molecule has 0 fully saturated rings. The lowest BCUT2D eigenvalue weighted by molar-refractivity contribution is 0.471. The first-order chi connectivity index (χ1) is 5.27. The number of anilines is 1. The smallest absolute Gasteiger partial charge is 0.239 e. The molecule has 1 aromatic heterocycles. The zero-order valence-electron chi connectivity index (χ0n) is 6.00. The van der Waals surface area contributed by atoms with Crippen LogP contribution in [0.3, 0.4) is 0 Å². The number of aromatic nitrogens is 3. The fraction of sp³-hybridized carbons (Fsp3) is 0.667. The van der Waals surface area contributed by atoms with Crippen LogP contribution in [-0.4, -0.2) is 14.8 Å². The van der Waals surface area contributed by atoms with E-state index < -0.39 is 0 Å². The Bertz CT molecular complexity index is 270. The Morgan fingerprint density at radius 1 is 1.64 bits per heavy atom. The molecule has 0 spiro atoms. The summed E-state index contributed by atoms with van der Waals surface area (Å²) < 4.78 is 1.79. The maximum Gasteiger partial charge on any atom is 0.239 e. The van der Waals surface area contributed by atoms with Crippen molar-refractivity contribution in [2.75, 3.05) is 5.73 Å². The molecule has 1 aromatic rings. The molecule has 0 aliphatic carbocycles. The van der Waals surface area contributed by atoms with Gasteiger partial charge in [0.25, 0.3) is 0 Å². The van der Waals surface area contributed by atoms with Crippen molar-refractivity contribution in [3.8, 4) is 0 Å². The molecule has 0 aromatic carbocycles. The van der Waals surface area contributed by atoms with Crippen molar-refractivity contribution in [2.45, 2.75) is 24.8 Å². The minimum atomic E-state index is -0.00597. The maximum atomic E-state index is 5.98. The highest BCUT2D eigenvalue weighted by atomic mass is 35.5. The van der Waals surface area contributed by atoms with Crippen LogP contribution in [0.4, 0.5) is 5.95 Å². The van der Waals surface area contributed by atoms with Crippen LogP contribution in [0.25, 0.3) is 0 Å². The normalized spacial score (nSPS) is 23.2. The molecule has 0 radical (unpaired) electrons. The summed E-state index contributed by atoms with van der Waals surface area (Å²) in [5.74, 6) is 1.14. The van der Waals surface area contributed by atoms with Gasteiger partial charge in [0.2, 0.25) is 5.95 Å². The van der Waals surface area contributed by atoms with Gasteiger partial charge in [0, 0.05) is 6.54 Å². The second kappa shape index (κ2) is 2.37. The molecule has 2 rings (SSSR count). The van der Waals surface area contributed by atoms with Crippen molar-refractivity contribution in [1.82, 2.24) is 14.8 Å². The van der Waals surface area contributed by atoms with E-state index in [4.69, 9.17) is 17.3 Å². The van der Waals surface area contributed by atoms with Gasteiger partial charge >= 0.3 is 0 Å². The molecule has 0 saturated carbocycles. The topological polar surface area (TPSA) is 56.7 Å². The summed E-state index contributed by atoms with van der Waals surface area (Å²) in [7, 11) is 0. The zero-order chi connectivity index (χ0) is 7.84. The fourth-order valence-corrected chi connectivity index (χ4v) is 1.63. The quantitative estimate of drug-likeness (QED) is 0.593. The first kappa shape index (κ1) is 6.91. The first-order valence-corrected chi connectivity index (χ1v) is 4.05. The second-order valence-electron chi connectivity index (χ2n) is 2.66. The van der Waals surface area contributed by atoms with Gasteiger partial charge in [0.1, 0.15) is 5.82 Å². The Morgan fingerprint density at radius 3 is 3.18 bits per heavy atom. The Hall–Kier alpha value is -0.770. The lowest BCUT2D eigenvalue weighted by Crippen LogP contribution is -2.13. The summed E-state index contributed by atoms with van der Waals surface area (Å²) in [5.41, 5.74) is 5.42. The van der Waals surface area contributed by atoms with Gasteiger partial charge in [-0.1, -0.05) is 0 Å². The molecular formula is C6H9ClN4. The molecule has 0 amide bonds. The summed E-state index contributed by atoms with van der Waals surface area (Å²) in [4.78, 5) is 4.03. The highest BCUT2D eigenvalue weighted by Gasteiger charge is 2.21. The highest BCUT2D eigenvalue weighted by molar-refractivity contribution is 6.20. The molecule has 2 heterocycles. The van der Waals surface area contributed by atoms with E-state index in [0.29, 0.717) is 5.95 Å². The number of nitrogens with zero attached hydrogens (tertiary/aromatic N) is 3. The van der Waals surface area contributed by atoms with Crippen LogP contribution < -0.4 is 5.73 Å². The first-order valence-electron chi connectivity index (χ1n) is 3.61. The third kappa shape index (κ3) is 1.07. The van der Waals surface area contributed by atoms with Gasteiger partial charge in [0.05, 0.1) is 5.38 Å². The summed E-state index contributed by atoms with van der Waals surface area (Å²) in [6.07, 6.45) is 2.03. The van der Waals surface area contributed by atoms with Gasteiger partial charge in [-0.05, 0) is 12.8 Å². The molecule has 2 N–H and O–H groups in total. The maximum absolute atomic E-state index is 5.98. The number of alkyl halides is 1. The van der Waals surface area contributed by atoms with Gasteiger partial charge in [0.15, 0.2) is 0 Å². The monoisotopic (exact) mass is 172 g/mol. The van der Waals surface area contributed by atoms with Crippen LogP contribution in [0.15, 0.2) is 0 Å². The number of rotatable bonds is 0.